The number of hydrogen-bond donors (Lipinski definition) is 2. The van der Waals surface area contributed by atoms with Gasteiger partial charge in [-0.25, -0.2) is 4.39 Å². The Balaban J connectivity index is 1.60. The number of nitrogens with one attached hydrogen (secondary N) is 2. The van der Waals surface area contributed by atoms with Gasteiger partial charge in [-0.2, -0.15) is 0 Å². The normalized spacial score (nSPS) is 10.6. The first-order valence-corrected chi connectivity index (χ1v) is 11.0. The van der Waals surface area contributed by atoms with Crippen LogP contribution in [0.4, 0.5) is 10.1 Å². The molecule has 0 aliphatic heterocycles. The number of rotatable bonds is 9. The molecule has 0 saturated carbocycles. The van der Waals surface area contributed by atoms with Crippen molar-refractivity contribution < 1.29 is 18.7 Å². The largest absolute Gasteiger partial charge is 0.495 e. The van der Waals surface area contributed by atoms with Crippen LogP contribution in [0.1, 0.15) is 23.1 Å². The molecule has 0 radical (unpaired) electrons. The number of anilines is 1. The Morgan fingerprint density at radius 1 is 1.22 bits per heavy atom. The maximum absolute atomic E-state index is 13.8. The van der Waals surface area contributed by atoms with Gasteiger partial charge in [0.1, 0.15) is 11.6 Å². The second-order valence-electron chi connectivity index (χ2n) is 6.49. The highest BCUT2D eigenvalue weighted by molar-refractivity contribution is 7.99. The highest BCUT2D eigenvalue weighted by atomic mass is 35.5. The summed E-state index contributed by atoms with van der Waals surface area (Å²) in [5.41, 5.74) is 0.428. The summed E-state index contributed by atoms with van der Waals surface area (Å²) in [4.78, 5) is 24.6. The molecule has 1 heterocycles. The first-order valence-electron chi connectivity index (χ1n) is 9.64. The summed E-state index contributed by atoms with van der Waals surface area (Å²) in [6, 6.07) is 10.7. The molecule has 3 aromatic rings. The summed E-state index contributed by atoms with van der Waals surface area (Å²) >= 11 is 7.19. The molecule has 0 bridgehead atoms. The molecule has 3 rings (SSSR count). The van der Waals surface area contributed by atoms with Gasteiger partial charge < -0.3 is 19.9 Å². The van der Waals surface area contributed by atoms with E-state index in [1.807, 2.05) is 6.92 Å². The number of benzene rings is 2. The topological polar surface area (TPSA) is 98.1 Å². The predicted molar refractivity (Wildman–Crippen MR) is 121 cm³/mol. The van der Waals surface area contributed by atoms with Crippen molar-refractivity contribution in [2.75, 3.05) is 18.2 Å². The summed E-state index contributed by atoms with van der Waals surface area (Å²) in [5, 5.41) is 14.6. The minimum absolute atomic E-state index is 0.0437. The van der Waals surface area contributed by atoms with Crippen LogP contribution in [0.15, 0.2) is 47.6 Å². The number of aromatic nitrogens is 3. The van der Waals surface area contributed by atoms with Crippen LogP contribution in [0, 0.1) is 5.82 Å². The third-order valence-electron chi connectivity index (χ3n) is 4.40. The number of halogens is 2. The van der Waals surface area contributed by atoms with Crippen molar-refractivity contribution in [1.29, 1.82) is 0 Å². The van der Waals surface area contributed by atoms with Gasteiger partial charge in [0.2, 0.25) is 5.91 Å². The molecule has 11 heteroatoms. The predicted octanol–water partition coefficient (Wildman–Crippen LogP) is 3.76. The average molecular weight is 478 g/mol. The first-order chi connectivity index (χ1) is 15.4. The minimum atomic E-state index is -0.597. The van der Waals surface area contributed by atoms with Gasteiger partial charge in [0.05, 0.1) is 30.7 Å². The molecule has 168 valence electrons. The number of carbonyl (C=O) groups is 2. The highest BCUT2D eigenvalue weighted by Gasteiger charge is 2.16. The molecule has 0 saturated heterocycles. The van der Waals surface area contributed by atoms with Crippen molar-refractivity contribution in [2.45, 2.75) is 25.2 Å². The van der Waals surface area contributed by atoms with E-state index >= 15 is 0 Å². The second kappa shape index (κ2) is 11.0. The van der Waals surface area contributed by atoms with Crippen LogP contribution in [0.3, 0.4) is 0 Å². The van der Waals surface area contributed by atoms with E-state index in [9.17, 15) is 14.0 Å². The summed E-state index contributed by atoms with van der Waals surface area (Å²) in [6.45, 7) is 2.50. The molecule has 2 N–H and O–H groups in total. The Morgan fingerprint density at radius 3 is 2.72 bits per heavy atom. The van der Waals surface area contributed by atoms with Crippen LogP contribution in [0.25, 0.3) is 0 Å². The van der Waals surface area contributed by atoms with E-state index in [2.05, 4.69) is 20.8 Å². The van der Waals surface area contributed by atoms with Gasteiger partial charge in [-0.1, -0.05) is 35.5 Å². The molecule has 0 aliphatic carbocycles. The lowest BCUT2D eigenvalue weighted by Gasteiger charge is -2.11. The van der Waals surface area contributed by atoms with Crippen molar-refractivity contribution in [1.82, 2.24) is 20.1 Å². The fourth-order valence-corrected chi connectivity index (χ4v) is 3.86. The zero-order chi connectivity index (χ0) is 23.1. The number of carbonyl (C=O) groups excluding carboxylic acids is 2. The summed E-state index contributed by atoms with van der Waals surface area (Å²) in [6.07, 6.45) is 0. The summed E-state index contributed by atoms with van der Waals surface area (Å²) in [5.74, 6) is -0.335. The lowest BCUT2D eigenvalue weighted by Crippen LogP contribution is -2.25. The van der Waals surface area contributed by atoms with Crippen molar-refractivity contribution in [3.05, 3.63) is 64.7 Å². The van der Waals surface area contributed by atoms with E-state index in [1.165, 1.54) is 37.1 Å². The molecule has 0 fully saturated rings. The van der Waals surface area contributed by atoms with Gasteiger partial charge in [0.25, 0.3) is 5.91 Å². The molecule has 0 unspecified atom stereocenters. The molecule has 32 heavy (non-hydrogen) atoms. The molecule has 8 nitrogen and oxygen atoms in total. The van der Waals surface area contributed by atoms with Gasteiger partial charge in [-0.3, -0.25) is 9.59 Å². The second-order valence-corrected chi connectivity index (χ2v) is 7.87. The third kappa shape index (κ3) is 5.77. The molecule has 1 aromatic heterocycles. The molecule has 2 amide bonds. The Morgan fingerprint density at radius 2 is 2.00 bits per heavy atom. The van der Waals surface area contributed by atoms with E-state index in [-0.39, 0.29) is 23.8 Å². The van der Waals surface area contributed by atoms with E-state index in [1.54, 1.807) is 28.8 Å². The smallest absolute Gasteiger partial charge is 0.254 e. The number of nitrogens with zero attached hydrogens (tertiary/aromatic N) is 3. The maximum Gasteiger partial charge on any atom is 0.254 e. The molecular weight excluding hydrogens is 457 g/mol. The number of thioether (sulfide) groups is 1. The third-order valence-corrected chi connectivity index (χ3v) is 5.61. The Bertz CT molecular complexity index is 1120. The lowest BCUT2D eigenvalue weighted by molar-refractivity contribution is -0.113. The van der Waals surface area contributed by atoms with Gasteiger partial charge in [-0.15, -0.1) is 10.2 Å². The quantitative estimate of drug-likeness (QED) is 0.455. The fourth-order valence-electron chi connectivity index (χ4n) is 2.87. The number of amides is 2. The standard InChI is InChI=1S/C21H21ClFN5O3S/c1-3-28-18(11-24-20(30)14-6-4-5-7-15(14)23)26-27-21(28)32-12-19(29)25-16-10-13(22)8-9-17(16)31-2/h4-10H,3,11-12H2,1-2H3,(H,24,30)(H,25,29). The fraction of sp³-hybridized carbons (Fsp3) is 0.238. The number of ether oxygens (including phenoxy) is 1. The zero-order valence-corrected chi connectivity index (χ0v) is 19.0. The van der Waals surface area contributed by atoms with Crippen LogP contribution in [0.2, 0.25) is 5.02 Å². The minimum Gasteiger partial charge on any atom is -0.495 e. The summed E-state index contributed by atoms with van der Waals surface area (Å²) < 4.78 is 20.8. The Hall–Kier alpha value is -3.11. The van der Waals surface area contributed by atoms with Crippen LogP contribution < -0.4 is 15.4 Å². The van der Waals surface area contributed by atoms with Gasteiger partial charge >= 0.3 is 0 Å². The van der Waals surface area contributed by atoms with Crippen molar-refractivity contribution in [3.63, 3.8) is 0 Å². The Kier molecular flexibility index (Phi) is 8.07. The van der Waals surface area contributed by atoms with E-state index < -0.39 is 11.7 Å². The maximum atomic E-state index is 13.8. The van der Waals surface area contributed by atoms with Crippen molar-refractivity contribution >= 4 is 40.9 Å². The van der Waals surface area contributed by atoms with E-state index in [4.69, 9.17) is 16.3 Å². The van der Waals surface area contributed by atoms with Gasteiger partial charge in [0.15, 0.2) is 11.0 Å². The highest BCUT2D eigenvalue weighted by Crippen LogP contribution is 2.28. The van der Waals surface area contributed by atoms with Gasteiger partial charge in [0, 0.05) is 11.6 Å². The zero-order valence-electron chi connectivity index (χ0n) is 17.4. The van der Waals surface area contributed by atoms with E-state index in [0.717, 1.165) is 0 Å². The molecular formula is C21H21ClFN5O3S. The molecule has 2 aromatic carbocycles. The number of methoxy groups -OCH3 is 1. The van der Waals surface area contributed by atoms with E-state index in [0.29, 0.717) is 34.0 Å². The lowest BCUT2D eigenvalue weighted by atomic mass is 10.2. The van der Waals surface area contributed by atoms with Crippen LogP contribution >= 0.6 is 23.4 Å². The molecule has 0 spiro atoms. The number of hydrogen-bond acceptors (Lipinski definition) is 6. The van der Waals surface area contributed by atoms with Crippen LogP contribution in [-0.4, -0.2) is 39.4 Å². The van der Waals surface area contributed by atoms with Crippen molar-refractivity contribution in [2.24, 2.45) is 0 Å². The van der Waals surface area contributed by atoms with Crippen LogP contribution in [0.5, 0.6) is 5.75 Å². The van der Waals surface area contributed by atoms with Crippen LogP contribution in [-0.2, 0) is 17.9 Å². The monoisotopic (exact) mass is 477 g/mol. The molecule has 0 atom stereocenters. The van der Waals surface area contributed by atoms with Gasteiger partial charge in [-0.05, 0) is 37.3 Å². The average Bonchev–Trinajstić information content (AvgIpc) is 3.18. The Labute approximate surface area is 193 Å². The first kappa shape index (κ1) is 23.6. The molecule has 0 aliphatic rings. The van der Waals surface area contributed by atoms with Crippen molar-refractivity contribution in [3.8, 4) is 5.75 Å². The summed E-state index contributed by atoms with van der Waals surface area (Å²) in [7, 11) is 1.50. The SMILES string of the molecule is CCn1c(CNC(=O)c2ccccc2F)nnc1SCC(=O)Nc1cc(Cl)ccc1OC.